The Kier molecular flexibility index (Phi) is 6.51. The lowest BCUT2D eigenvalue weighted by Crippen LogP contribution is -2.27. The second-order valence-electron chi connectivity index (χ2n) is 8.91. The zero-order chi connectivity index (χ0) is 24.4. The SMILES string of the molecule is CC(=O)N1CCCC1c1ccc(Cc2cncc(C(=O)NCc3n[nH]c4ccc(Cl)cc34)c2)cc1. The fourth-order valence-electron chi connectivity index (χ4n) is 4.73. The van der Waals surface area contributed by atoms with E-state index < -0.39 is 0 Å². The largest absolute Gasteiger partial charge is 0.346 e. The maximum atomic E-state index is 12.8. The van der Waals surface area contributed by atoms with Crippen LogP contribution in [-0.4, -0.2) is 38.4 Å². The summed E-state index contributed by atoms with van der Waals surface area (Å²) in [6.07, 6.45) is 6.05. The standard InChI is InChI=1S/C27H26ClN5O2/c1-17(34)33-10-2-3-26(33)20-6-4-18(5-7-20)11-19-12-21(15-29-14-19)27(35)30-16-25-23-13-22(28)8-9-24(23)31-32-25/h4-9,12-15,26H,2-3,10-11,16H2,1H3,(H,30,35)(H,31,32). The highest BCUT2D eigenvalue weighted by molar-refractivity contribution is 6.31. The second kappa shape index (κ2) is 9.88. The van der Waals surface area contributed by atoms with E-state index in [0.29, 0.717) is 17.0 Å². The van der Waals surface area contributed by atoms with Crippen LogP contribution in [0.4, 0.5) is 0 Å². The molecule has 8 heteroatoms. The number of rotatable bonds is 6. The first kappa shape index (κ1) is 23.1. The summed E-state index contributed by atoms with van der Waals surface area (Å²) in [5.41, 5.74) is 5.34. The van der Waals surface area contributed by atoms with Gasteiger partial charge in [0, 0.05) is 36.3 Å². The van der Waals surface area contributed by atoms with Crippen molar-refractivity contribution in [3.05, 3.63) is 93.9 Å². The molecule has 1 unspecified atom stereocenters. The van der Waals surface area contributed by atoms with Crippen molar-refractivity contribution in [1.82, 2.24) is 25.4 Å². The second-order valence-corrected chi connectivity index (χ2v) is 9.35. The summed E-state index contributed by atoms with van der Waals surface area (Å²) in [6, 6.07) is 15.9. The molecule has 2 amide bonds. The summed E-state index contributed by atoms with van der Waals surface area (Å²) in [4.78, 5) is 30.9. The topological polar surface area (TPSA) is 91.0 Å². The predicted octanol–water partition coefficient (Wildman–Crippen LogP) is 4.82. The van der Waals surface area contributed by atoms with Gasteiger partial charge < -0.3 is 10.2 Å². The third kappa shape index (κ3) is 5.05. The van der Waals surface area contributed by atoms with Gasteiger partial charge in [-0.3, -0.25) is 19.7 Å². The molecule has 178 valence electrons. The average Bonchev–Trinajstić information content (AvgIpc) is 3.51. The first-order valence-electron chi connectivity index (χ1n) is 11.7. The number of H-pyrrole nitrogens is 1. The maximum Gasteiger partial charge on any atom is 0.253 e. The first-order valence-corrected chi connectivity index (χ1v) is 12.1. The molecule has 0 saturated carbocycles. The first-order chi connectivity index (χ1) is 17.0. The van der Waals surface area contributed by atoms with Crippen LogP contribution >= 0.6 is 11.6 Å². The van der Waals surface area contributed by atoms with Crippen LogP contribution in [0.5, 0.6) is 0 Å². The summed E-state index contributed by atoms with van der Waals surface area (Å²) in [6.45, 7) is 2.74. The number of pyridine rings is 1. The van der Waals surface area contributed by atoms with E-state index in [1.54, 1.807) is 25.4 Å². The molecule has 5 rings (SSSR count). The minimum atomic E-state index is -0.210. The van der Waals surface area contributed by atoms with Gasteiger partial charge in [0.25, 0.3) is 5.91 Å². The highest BCUT2D eigenvalue weighted by Gasteiger charge is 2.27. The normalized spacial score (nSPS) is 15.5. The predicted molar refractivity (Wildman–Crippen MR) is 135 cm³/mol. The van der Waals surface area contributed by atoms with Crippen LogP contribution in [0.2, 0.25) is 5.02 Å². The van der Waals surface area contributed by atoms with Crippen molar-refractivity contribution in [2.45, 2.75) is 38.8 Å². The molecule has 3 heterocycles. The Balaban J connectivity index is 1.23. The number of hydrogen-bond acceptors (Lipinski definition) is 4. The number of hydrogen-bond donors (Lipinski definition) is 2. The number of carbonyl (C=O) groups excluding carboxylic acids is 2. The van der Waals surface area contributed by atoms with Crippen LogP contribution in [0.15, 0.2) is 60.9 Å². The van der Waals surface area contributed by atoms with Gasteiger partial charge in [-0.05, 0) is 60.2 Å². The van der Waals surface area contributed by atoms with Gasteiger partial charge in [-0.2, -0.15) is 5.10 Å². The summed E-state index contributed by atoms with van der Waals surface area (Å²) in [7, 11) is 0. The summed E-state index contributed by atoms with van der Waals surface area (Å²) >= 11 is 6.10. The van der Waals surface area contributed by atoms with Crippen molar-refractivity contribution in [2.24, 2.45) is 0 Å². The molecular formula is C27H26ClN5O2. The number of nitrogens with zero attached hydrogens (tertiary/aromatic N) is 3. The molecular weight excluding hydrogens is 462 g/mol. The van der Waals surface area contributed by atoms with Crippen molar-refractivity contribution in [2.75, 3.05) is 6.54 Å². The van der Waals surface area contributed by atoms with Crippen LogP contribution in [0.25, 0.3) is 10.9 Å². The molecule has 0 bridgehead atoms. The molecule has 1 atom stereocenters. The van der Waals surface area contributed by atoms with Crippen LogP contribution < -0.4 is 5.32 Å². The number of amides is 2. The van der Waals surface area contributed by atoms with Crippen LogP contribution in [-0.2, 0) is 17.8 Å². The fourth-order valence-corrected chi connectivity index (χ4v) is 4.91. The lowest BCUT2D eigenvalue weighted by Gasteiger charge is -2.23. The van der Waals surface area contributed by atoms with E-state index in [9.17, 15) is 9.59 Å². The highest BCUT2D eigenvalue weighted by atomic mass is 35.5. The summed E-state index contributed by atoms with van der Waals surface area (Å²) in [5.74, 6) is -0.0829. The molecule has 35 heavy (non-hydrogen) atoms. The van der Waals surface area contributed by atoms with Crippen molar-refractivity contribution >= 4 is 34.3 Å². The number of aromatic amines is 1. The molecule has 1 aliphatic heterocycles. The number of nitrogens with one attached hydrogen (secondary N) is 2. The number of fused-ring (bicyclic) bond motifs is 1. The summed E-state index contributed by atoms with van der Waals surface area (Å²) in [5, 5.41) is 11.7. The van der Waals surface area contributed by atoms with Gasteiger partial charge >= 0.3 is 0 Å². The van der Waals surface area contributed by atoms with E-state index in [1.807, 2.05) is 23.1 Å². The number of halogens is 1. The van der Waals surface area contributed by atoms with E-state index in [1.165, 1.54) is 5.56 Å². The molecule has 1 saturated heterocycles. The molecule has 2 aromatic heterocycles. The van der Waals surface area contributed by atoms with Gasteiger partial charge in [0.1, 0.15) is 0 Å². The van der Waals surface area contributed by atoms with Crippen molar-refractivity contribution in [3.63, 3.8) is 0 Å². The van der Waals surface area contributed by atoms with Crippen LogP contribution in [0.3, 0.4) is 0 Å². The van der Waals surface area contributed by atoms with E-state index in [0.717, 1.165) is 47.1 Å². The van der Waals surface area contributed by atoms with Gasteiger partial charge in [-0.1, -0.05) is 35.9 Å². The number of benzene rings is 2. The molecule has 1 fully saturated rings. The Morgan fingerprint density at radius 2 is 1.94 bits per heavy atom. The zero-order valence-corrected chi connectivity index (χ0v) is 20.2. The van der Waals surface area contributed by atoms with Gasteiger partial charge in [0.05, 0.1) is 29.4 Å². The van der Waals surface area contributed by atoms with Crippen molar-refractivity contribution in [3.8, 4) is 0 Å². The van der Waals surface area contributed by atoms with Gasteiger partial charge in [0.2, 0.25) is 5.91 Å². The Labute approximate surface area is 208 Å². The Bertz CT molecular complexity index is 1380. The smallest absolute Gasteiger partial charge is 0.253 e. The van der Waals surface area contributed by atoms with E-state index in [-0.39, 0.29) is 24.4 Å². The van der Waals surface area contributed by atoms with Crippen LogP contribution in [0.1, 0.15) is 58.5 Å². The third-order valence-electron chi connectivity index (χ3n) is 6.51. The van der Waals surface area contributed by atoms with E-state index in [4.69, 9.17) is 11.6 Å². The third-order valence-corrected chi connectivity index (χ3v) is 6.74. The summed E-state index contributed by atoms with van der Waals surface area (Å²) < 4.78 is 0. The number of likely N-dealkylation sites (tertiary alicyclic amines) is 1. The number of carbonyl (C=O) groups is 2. The lowest BCUT2D eigenvalue weighted by atomic mass is 9.99. The van der Waals surface area contributed by atoms with Gasteiger partial charge in [-0.15, -0.1) is 0 Å². The molecule has 4 aromatic rings. The Hall–Kier alpha value is -3.71. The Morgan fingerprint density at radius 3 is 2.74 bits per heavy atom. The number of aromatic nitrogens is 3. The average molecular weight is 488 g/mol. The molecule has 2 N–H and O–H groups in total. The fraction of sp³-hybridized carbons (Fsp3) is 0.259. The van der Waals surface area contributed by atoms with Gasteiger partial charge in [0.15, 0.2) is 0 Å². The van der Waals surface area contributed by atoms with Gasteiger partial charge in [-0.25, -0.2) is 0 Å². The molecule has 0 radical (unpaired) electrons. The molecule has 1 aliphatic rings. The highest BCUT2D eigenvalue weighted by Crippen LogP contribution is 2.32. The molecule has 7 nitrogen and oxygen atoms in total. The monoisotopic (exact) mass is 487 g/mol. The quantitative estimate of drug-likeness (QED) is 0.408. The van der Waals surface area contributed by atoms with E-state index >= 15 is 0 Å². The van der Waals surface area contributed by atoms with Crippen LogP contribution in [0, 0.1) is 0 Å². The van der Waals surface area contributed by atoms with Crippen molar-refractivity contribution in [1.29, 1.82) is 0 Å². The minimum absolute atomic E-state index is 0.127. The Morgan fingerprint density at radius 1 is 1.11 bits per heavy atom. The zero-order valence-electron chi connectivity index (χ0n) is 19.4. The molecule has 2 aromatic carbocycles. The molecule has 0 aliphatic carbocycles. The van der Waals surface area contributed by atoms with Crippen molar-refractivity contribution < 1.29 is 9.59 Å². The minimum Gasteiger partial charge on any atom is -0.346 e. The maximum absolute atomic E-state index is 12.8. The van der Waals surface area contributed by atoms with E-state index in [2.05, 4.69) is 44.8 Å². The molecule has 0 spiro atoms. The lowest BCUT2D eigenvalue weighted by molar-refractivity contribution is -0.129.